The highest BCUT2D eigenvalue weighted by atomic mass is 16.6. The first-order valence-corrected chi connectivity index (χ1v) is 12.8. The second-order valence-electron chi connectivity index (χ2n) is 10.2. The second-order valence-corrected chi connectivity index (χ2v) is 10.2. The van der Waals surface area contributed by atoms with Crippen LogP contribution in [0.5, 0.6) is 0 Å². The van der Waals surface area contributed by atoms with Crippen molar-refractivity contribution in [3.63, 3.8) is 0 Å². The van der Waals surface area contributed by atoms with Crippen LogP contribution in [-0.4, -0.2) is 41.5 Å². The normalized spacial score (nSPS) is 12.4. The van der Waals surface area contributed by atoms with Crippen LogP contribution in [0.2, 0.25) is 0 Å². The van der Waals surface area contributed by atoms with Crippen LogP contribution in [0, 0.1) is 12.3 Å². The Morgan fingerprint density at radius 2 is 1.46 bits per heavy atom. The first kappa shape index (κ1) is 29.0. The molecule has 0 fully saturated rings. The van der Waals surface area contributed by atoms with E-state index in [9.17, 15) is 14.4 Å². The lowest BCUT2D eigenvalue weighted by molar-refractivity contribution is -0.140. The lowest BCUT2D eigenvalue weighted by Crippen LogP contribution is -2.52. The Morgan fingerprint density at radius 1 is 0.897 bits per heavy atom. The summed E-state index contributed by atoms with van der Waals surface area (Å²) in [6.45, 7) is 5.52. The Hall–Kier alpha value is -4.57. The molecule has 2 unspecified atom stereocenters. The summed E-state index contributed by atoms with van der Waals surface area (Å²) in [4.78, 5) is 41.6. The smallest absolute Gasteiger partial charge is 0.408 e. The summed E-state index contributed by atoms with van der Waals surface area (Å²) in [6.07, 6.45) is 5.24. The fourth-order valence-corrected chi connectivity index (χ4v) is 4.15. The van der Waals surface area contributed by atoms with E-state index in [1.54, 1.807) is 45.0 Å². The molecule has 0 aromatic heterocycles. The predicted octanol–water partition coefficient (Wildman–Crippen LogP) is 4.62. The molecule has 7 nitrogen and oxygen atoms in total. The number of nitrogens with zero attached hydrogens (tertiary/aromatic N) is 1. The van der Waals surface area contributed by atoms with Gasteiger partial charge < -0.3 is 20.3 Å². The Labute approximate surface area is 230 Å². The van der Waals surface area contributed by atoms with Gasteiger partial charge in [-0.15, -0.1) is 6.42 Å². The van der Waals surface area contributed by atoms with Crippen LogP contribution in [0.15, 0.2) is 84.9 Å². The third-order valence-corrected chi connectivity index (χ3v) is 5.98. The summed E-state index contributed by atoms with van der Waals surface area (Å²) >= 11 is 0. The summed E-state index contributed by atoms with van der Waals surface area (Å²) in [6, 6.07) is 23.8. The number of carbonyl (C=O) groups excluding carboxylic acids is 3. The van der Waals surface area contributed by atoms with Crippen molar-refractivity contribution in [3.8, 4) is 12.3 Å². The average molecular weight is 526 g/mol. The summed E-state index contributed by atoms with van der Waals surface area (Å²) in [5.74, 6) is 1.76. The zero-order chi connectivity index (χ0) is 28.4. The van der Waals surface area contributed by atoms with E-state index in [1.807, 2.05) is 60.7 Å². The van der Waals surface area contributed by atoms with Crippen molar-refractivity contribution in [2.24, 2.45) is 0 Å². The Morgan fingerprint density at radius 3 is 2.05 bits per heavy atom. The van der Waals surface area contributed by atoms with Gasteiger partial charge in [0.15, 0.2) is 0 Å². The maximum absolute atomic E-state index is 14.0. The summed E-state index contributed by atoms with van der Waals surface area (Å²) in [5.41, 5.74) is 2.02. The van der Waals surface area contributed by atoms with Gasteiger partial charge in [0.2, 0.25) is 11.8 Å². The van der Waals surface area contributed by atoms with E-state index in [4.69, 9.17) is 11.2 Å². The first-order chi connectivity index (χ1) is 18.6. The van der Waals surface area contributed by atoms with Crippen molar-refractivity contribution < 1.29 is 19.1 Å². The van der Waals surface area contributed by atoms with E-state index < -0.39 is 35.6 Å². The molecule has 7 heteroatoms. The van der Waals surface area contributed by atoms with Gasteiger partial charge in [-0.2, -0.15) is 0 Å². The van der Waals surface area contributed by atoms with Crippen LogP contribution < -0.4 is 10.6 Å². The number of benzene rings is 3. The van der Waals surface area contributed by atoms with Crippen LogP contribution in [0.25, 0.3) is 0 Å². The number of nitrogens with one attached hydrogen (secondary N) is 2. The largest absolute Gasteiger partial charge is 0.444 e. The van der Waals surface area contributed by atoms with Crippen molar-refractivity contribution in [3.05, 3.63) is 107 Å². The molecule has 2 N–H and O–H groups in total. The second kappa shape index (κ2) is 13.3. The maximum Gasteiger partial charge on any atom is 0.408 e. The number of amides is 3. The number of ether oxygens (including phenoxy) is 1. The van der Waals surface area contributed by atoms with E-state index in [-0.39, 0.29) is 13.0 Å². The topological polar surface area (TPSA) is 87.7 Å². The average Bonchev–Trinajstić information content (AvgIpc) is 2.91. The highest BCUT2D eigenvalue weighted by Gasteiger charge is 2.35. The molecule has 0 bridgehead atoms. The fourth-order valence-electron chi connectivity index (χ4n) is 4.15. The van der Waals surface area contributed by atoms with E-state index in [1.165, 1.54) is 11.9 Å². The molecule has 2 atom stereocenters. The number of hydrogen-bond donors (Lipinski definition) is 2. The number of alkyl carbamates (subject to hydrolysis) is 1. The fraction of sp³-hybridized carbons (Fsp3) is 0.281. The minimum absolute atomic E-state index is 0.207. The molecule has 0 saturated heterocycles. The molecule has 0 aliphatic rings. The number of carbonyl (C=O) groups is 3. The van der Waals surface area contributed by atoms with Gasteiger partial charge in [0.05, 0.1) is 0 Å². The number of likely N-dealkylation sites (N-methyl/N-ethyl adjacent to an activating group) is 1. The molecule has 3 aromatic carbocycles. The van der Waals surface area contributed by atoms with Gasteiger partial charge in [0, 0.05) is 25.6 Å². The van der Waals surface area contributed by atoms with E-state index >= 15 is 0 Å². The molecule has 3 aromatic rings. The molecule has 0 aliphatic carbocycles. The zero-order valence-electron chi connectivity index (χ0n) is 22.8. The van der Waals surface area contributed by atoms with Crippen molar-refractivity contribution >= 4 is 17.9 Å². The van der Waals surface area contributed by atoms with Gasteiger partial charge in [-0.25, -0.2) is 4.79 Å². The molecular weight excluding hydrogens is 490 g/mol. The van der Waals surface area contributed by atoms with Crippen LogP contribution in [0.3, 0.4) is 0 Å². The van der Waals surface area contributed by atoms with Gasteiger partial charge in [0.1, 0.15) is 17.7 Å². The maximum atomic E-state index is 14.0. The number of hydrogen-bond acceptors (Lipinski definition) is 4. The molecule has 0 heterocycles. The van der Waals surface area contributed by atoms with Crippen molar-refractivity contribution in [1.29, 1.82) is 0 Å². The highest BCUT2D eigenvalue weighted by molar-refractivity contribution is 5.92. The van der Waals surface area contributed by atoms with Crippen molar-refractivity contribution in [2.75, 3.05) is 7.05 Å². The van der Waals surface area contributed by atoms with Gasteiger partial charge in [-0.05, 0) is 43.5 Å². The van der Waals surface area contributed by atoms with Crippen LogP contribution in [0.1, 0.15) is 49.1 Å². The minimum Gasteiger partial charge on any atom is -0.444 e. The Balaban J connectivity index is 1.94. The van der Waals surface area contributed by atoms with E-state index in [0.717, 1.165) is 11.1 Å². The number of rotatable bonds is 9. The molecule has 3 amide bonds. The zero-order valence-corrected chi connectivity index (χ0v) is 22.8. The lowest BCUT2D eigenvalue weighted by Gasteiger charge is -2.32. The van der Waals surface area contributed by atoms with Crippen LogP contribution >= 0.6 is 0 Å². The van der Waals surface area contributed by atoms with E-state index in [0.29, 0.717) is 11.1 Å². The summed E-state index contributed by atoms with van der Waals surface area (Å²) < 4.78 is 5.43. The summed E-state index contributed by atoms with van der Waals surface area (Å²) in [7, 11) is 1.54. The molecule has 202 valence electrons. The monoisotopic (exact) mass is 525 g/mol. The highest BCUT2D eigenvalue weighted by Crippen LogP contribution is 2.25. The Kier molecular flexibility index (Phi) is 9.88. The standard InChI is InChI=1S/C32H35N3O4/c1-6-25-19-13-14-20-26(25)28(29(36)33-22-24-17-11-8-12-18-24)35(5)30(37)27(21-23-15-9-7-10-16-23)34-31(38)39-32(2,3)4/h1,7-20,27-28H,21-22H2,2-5H3,(H,33,36)(H,34,38). The predicted molar refractivity (Wildman–Crippen MR) is 151 cm³/mol. The molecule has 39 heavy (non-hydrogen) atoms. The van der Waals surface area contributed by atoms with Crippen molar-refractivity contribution in [1.82, 2.24) is 15.5 Å². The summed E-state index contributed by atoms with van der Waals surface area (Å²) in [5, 5.41) is 5.64. The van der Waals surface area contributed by atoms with Gasteiger partial charge in [-0.1, -0.05) is 84.8 Å². The van der Waals surface area contributed by atoms with Gasteiger partial charge >= 0.3 is 6.09 Å². The lowest BCUT2D eigenvalue weighted by atomic mass is 9.97. The Bertz CT molecular complexity index is 1310. The SMILES string of the molecule is C#Cc1ccccc1C(C(=O)NCc1ccccc1)N(C)C(=O)C(Cc1ccccc1)NC(=O)OC(C)(C)C. The van der Waals surface area contributed by atoms with Crippen LogP contribution in [0.4, 0.5) is 4.79 Å². The van der Waals surface area contributed by atoms with Crippen molar-refractivity contribution in [2.45, 2.75) is 51.4 Å². The third-order valence-electron chi connectivity index (χ3n) is 5.98. The van der Waals surface area contributed by atoms with Crippen LogP contribution in [-0.2, 0) is 27.3 Å². The van der Waals surface area contributed by atoms with Gasteiger partial charge in [0.25, 0.3) is 0 Å². The van der Waals surface area contributed by atoms with Gasteiger partial charge in [-0.3, -0.25) is 9.59 Å². The molecule has 3 rings (SSSR count). The third kappa shape index (κ3) is 8.47. The minimum atomic E-state index is -1.04. The number of terminal acetylenes is 1. The molecule has 0 radical (unpaired) electrons. The molecule has 0 saturated carbocycles. The van der Waals surface area contributed by atoms with E-state index in [2.05, 4.69) is 16.6 Å². The first-order valence-electron chi connectivity index (χ1n) is 12.8. The molecular formula is C32H35N3O4. The quantitative estimate of drug-likeness (QED) is 0.399. The molecule has 0 aliphatic heterocycles. The molecule has 0 spiro atoms.